The van der Waals surface area contributed by atoms with E-state index in [9.17, 15) is 14.0 Å². The van der Waals surface area contributed by atoms with E-state index in [0.29, 0.717) is 17.8 Å². The summed E-state index contributed by atoms with van der Waals surface area (Å²) in [5, 5.41) is 0. The minimum Gasteiger partial charge on any atom is -0.302 e. The van der Waals surface area contributed by atoms with Gasteiger partial charge in [-0.1, -0.05) is 56.7 Å². The van der Waals surface area contributed by atoms with E-state index in [0.717, 1.165) is 31.3 Å². The van der Waals surface area contributed by atoms with E-state index < -0.39 is 15.6 Å². The Morgan fingerprint density at radius 2 is 1.88 bits per heavy atom. The molecule has 9 heteroatoms. The minimum absolute atomic E-state index is 0.177. The second kappa shape index (κ2) is 10.4. The molecule has 184 valence electrons. The van der Waals surface area contributed by atoms with Crippen LogP contribution >= 0.6 is 15.6 Å². The predicted octanol–water partition coefficient (Wildman–Crippen LogP) is 6.54. The Kier molecular flexibility index (Phi) is 9.01. The molecule has 5 atom stereocenters. The first kappa shape index (κ1) is 27.7. The third-order valence-electron chi connectivity index (χ3n) is 7.44. The van der Waals surface area contributed by atoms with Gasteiger partial charge in [-0.15, -0.1) is 0 Å². The maximum atomic E-state index is 11.6. The van der Waals surface area contributed by atoms with E-state index in [1.165, 1.54) is 18.4 Å². The molecule has 0 amide bonds. The van der Waals surface area contributed by atoms with E-state index >= 15 is 0 Å². The van der Waals surface area contributed by atoms with Crippen molar-refractivity contribution in [1.29, 1.82) is 0 Å². The van der Waals surface area contributed by atoms with Crippen LogP contribution in [0.4, 0.5) is 0 Å². The Labute approximate surface area is 192 Å². The van der Waals surface area contributed by atoms with Crippen LogP contribution in [0.25, 0.3) is 0 Å². The van der Waals surface area contributed by atoms with Crippen LogP contribution in [-0.4, -0.2) is 21.3 Å². The van der Waals surface area contributed by atoms with Crippen LogP contribution in [0.1, 0.15) is 73.1 Å². The minimum atomic E-state index is -5.11. The van der Waals surface area contributed by atoms with E-state index in [4.69, 9.17) is 9.79 Å². The first-order valence-electron chi connectivity index (χ1n) is 11.3. The van der Waals surface area contributed by atoms with Gasteiger partial charge in [0.05, 0.1) is 6.61 Å². The molecule has 0 aromatic rings. The summed E-state index contributed by atoms with van der Waals surface area (Å²) in [5.41, 5.74) is 2.76. The molecule has 0 aromatic heterocycles. The van der Waals surface area contributed by atoms with Gasteiger partial charge in [-0.2, -0.15) is 4.31 Å². The predicted molar refractivity (Wildman–Crippen MR) is 127 cm³/mol. The number of rotatable bonds is 9. The quantitative estimate of drug-likeness (QED) is 0.248. The summed E-state index contributed by atoms with van der Waals surface area (Å²) >= 11 is 0. The van der Waals surface area contributed by atoms with Gasteiger partial charge in [-0.3, -0.25) is 4.52 Å². The van der Waals surface area contributed by atoms with Crippen LogP contribution in [0.5, 0.6) is 0 Å². The van der Waals surface area contributed by atoms with Crippen molar-refractivity contribution in [2.45, 2.75) is 73.1 Å². The lowest BCUT2D eigenvalue weighted by atomic mass is 9.45. The highest BCUT2D eigenvalue weighted by molar-refractivity contribution is 7.60. The first-order chi connectivity index (χ1) is 14.6. The van der Waals surface area contributed by atoms with E-state index in [-0.39, 0.29) is 17.4 Å². The fourth-order valence-corrected chi connectivity index (χ4v) is 7.94. The average Bonchev–Trinajstić information content (AvgIpc) is 2.57. The zero-order chi connectivity index (χ0) is 24.4. The molecule has 2 unspecified atom stereocenters. The van der Waals surface area contributed by atoms with Gasteiger partial charge < -0.3 is 14.7 Å². The number of allylic oxidation sites excluding steroid dienone is 4. The van der Waals surface area contributed by atoms with E-state index in [1.807, 2.05) is 6.92 Å². The summed E-state index contributed by atoms with van der Waals surface area (Å²) in [4.78, 5) is 26.7. The lowest BCUT2D eigenvalue weighted by Crippen LogP contribution is -2.51. The van der Waals surface area contributed by atoms with Crippen molar-refractivity contribution in [3.8, 4) is 0 Å². The van der Waals surface area contributed by atoms with Crippen LogP contribution in [0.15, 0.2) is 36.0 Å². The zero-order valence-electron chi connectivity index (χ0n) is 20.0. The van der Waals surface area contributed by atoms with Gasteiger partial charge in [0.25, 0.3) is 0 Å². The van der Waals surface area contributed by atoms with Crippen LogP contribution in [0, 0.1) is 28.6 Å². The number of hydrogen-bond donors (Lipinski definition) is 3. The maximum Gasteiger partial charge on any atom is 0.481 e. The molecule has 2 aliphatic rings. The van der Waals surface area contributed by atoms with Crippen molar-refractivity contribution in [1.82, 2.24) is 0 Å². The summed E-state index contributed by atoms with van der Waals surface area (Å²) in [6, 6.07) is 0. The molecule has 7 nitrogen and oxygen atoms in total. The summed E-state index contributed by atoms with van der Waals surface area (Å²) in [7, 11) is -9.92. The second-order valence-electron chi connectivity index (χ2n) is 10.4. The van der Waals surface area contributed by atoms with Crippen molar-refractivity contribution < 1.29 is 32.6 Å². The Hall–Kier alpha value is -0.520. The molecule has 0 saturated heterocycles. The van der Waals surface area contributed by atoms with Crippen molar-refractivity contribution in [2.75, 3.05) is 6.61 Å². The summed E-state index contributed by atoms with van der Waals surface area (Å²) < 4.78 is 30.8. The Bertz CT molecular complexity index is 841. The molecular formula is C23H40O7P2. The summed E-state index contributed by atoms with van der Waals surface area (Å²) in [6.45, 7) is 15.4. The molecule has 0 radical (unpaired) electrons. The topological polar surface area (TPSA) is 113 Å². The summed E-state index contributed by atoms with van der Waals surface area (Å²) in [6.07, 6.45) is 12.5. The number of phosphoric ester groups is 1. The van der Waals surface area contributed by atoms with Gasteiger partial charge in [-0.25, -0.2) is 9.13 Å². The van der Waals surface area contributed by atoms with Gasteiger partial charge >= 0.3 is 15.6 Å². The van der Waals surface area contributed by atoms with Crippen LogP contribution in [-0.2, 0) is 18.0 Å². The average molecular weight is 491 g/mol. The summed E-state index contributed by atoms with van der Waals surface area (Å²) in [5.74, 6) is 1.62. The van der Waals surface area contributed by atoms with Gasteiger partial charge in [0, 0.05) is 0 Å². The Morgan fingerprint density at radius 1 is 1.22 bits per heavy atom. The Morgan fingerprint density at radius 3 is 2.47 bits per heavy atom. The van der Waals surface area contributed by atoms with Gasteiger partial charge in [-0.05, 0) is 81.0 Å². The number of phosphoric acid groups is 2. The van der Waals surface area contributed by atoms with Crippen LogP contribution < -0.4 is 0 Å². The SMILES string of the molecule is C=C1CC[C@@H]2C(C)(C)CC(/C=C\C)C[C@@]2(C)[C@@H]1CC/C(C)=C/COP(=O)(O)OP(=O)(O)O. The highest BCUT2D eigenvalue weighted by atomic mass is 31.3. The molecule has 2 fully saturated rings. The largest absolute Gasteiger partial charge is 0.481 e. The standard InChI is InChI=1S/C23H40O7P2/c1-7-8-19-15-22(4,5)21-12-10-18(3)20(23(21,6)16-19)11-9-17(2)13-14-29-32(27,28)30-31(24,25)26/h7-8,13,19-21H,3,9-12,14-16H2,1-2,4-6H3,(H,27,28)(H2,24,25,26)/b8-7-,17-13+/t19?,20-,21-,23+/m1/s1. The molecule has 2 rings (SSSR count). The molecule has 0 spiro atoms. The lowest BCUT2D eigenvalue weighted by Gasteiger charge is -2.59. The van der Waals surface area contributed by atoms with Crippen molar-refractivity contribution in [3.05, 3.63) is 36.0 Å². The first-order valence-corrected chi connectivity index (χ1v) is 14.3. The molecule has 0 aliphatic heterocycles. The van der Waals surface area contributed by atoms with Crippen LogP contribution in [0.3, 0.4) is 0 Å². The molecular weight excluding hydrogens is 450 g/mol. The van der Waals surface area contributed by atoms with Gasteiger partial charge in [0.15, 0.2) is 0 Å². The third kappa shape index (κ3) is 7.24. The molecule has 32 heavy (non-hydrogen) atoms. The highest BCUT2D eigenvalue weighted by Crippen LogP contribution is 2.63. The maximum absolute atomic E-state index is 11.6. The zero-order valence-corrected chi connectivity index (χ0v) is 21.8. The molecule has 0 bridgehead atoms. The van der Waals surface area contributed by atoms with E-state index in [1.54, 1.807) is 6.08 Å². The number of fused-ring (bicyclic) bond motifs is 1. The fourth-order valence-electron chi connectivity index (χ4n) is 6.41. The van der Waals surface area contributed by atoms with Crippen molar-refractivity contribution in [2.24, 2.45) is 28.6 Å². The monoisotopic (exact) mass is 490 g/mol. The molecule has 2 aliphatic carbocycles. The fraction of sp³-hybridized carbons (Fsp3) is 0.739. The molecule has 0 aromatic carbocycles. The van der Waals surface area contributed by atoms with E-state index in [2.05, 4.69) is 55.3 Å². The highest BCUT2D eigenvalue weighted by Gasteiger charge is 2.54. The Balaban J connectivity index is 2.07. The molecule has 2 saturated carbocycles. The van der Waals surface area contributed by atoms with Crippen LogP contribution in [0.2, 0.25) is 0 Å². The third-order valence-corrected chi connectivity index (χ3v) is 9.60. The molecule has 3 N–H and O–H groups in total. The smallest absolute Gasteiger partial charge is 0.302 e. The van der Waals surface area contributed by atoms with Crippen molar-refractivity contribution >= 4 is 15.6 Å². The molecule has 0 heterocycles. The lowest BCUT2D eigenvalue weighted by molar-refractivity contribution is -0.0697. The van der Waals surface area contributed by atoms with Gasteiger partial charge in [0.1, 0.15) is 0 Å². The van der Waals surface area contributed by atoms with Crippen molar-refractivity contribution in [3.63, 3.8) is 0 Å². The van der Waals surface area contributed by atoms with Gasteiger partial charge in [0.2, 0.25) is 0 Å². The normalized spacial score (nSPS) is 33.2. The number of hydrogen-bond acceptors (Lipinski definition) is 4. The second-order valence-corrected chi connectivity index (χ2v) is 13.2.